The van der Waals surface area contributed by atoms with E-state index in [2.05, 4.69) is 0 Å². The summed E-state index contributed by atoms with van der Waals surface area (Å²) in [5.41, 5.74) is 8.18. The molecule has 5 heteroatoms. The van der Waals surface area contributed by atoms with Crippen LogP contribution in [0.25, 0.3) is 0 Å². The van der Waals surface area contributed by atoms with Crippen molar-refractivity contribution in [2.75, 3.05) is 29.6 Å². The highest BCUT2D eigenvalue weighted by Crippen LogP contribution is 2.36. The topological polar surface area (TPSA) is 66.6 Å². The minimum atomic E-state index is -0.373. The molecule has 0 atom stereocenters. The van der Waals surface area contributed by atoms with Gasteiger partial charge in [0, 0.05) is 19.8 Å². The zero-order valence-corrected chi connectivity index (χ0v) is 11.8. The van der Waals surface area contributed by atoms with Gasteiger partial charge in [-0.1, -0.05) is 18.2 Å². The Labute approximate surface area is 122 Å². The first kappa shape index (κ1) is 13.2. The molecule has 0 aromatic heterocycles. The number of amides is 2. The Hall–Kier alpha value is -2.82. The lowest BCUT2D eigenvalue weighted by Gasteiger charge is -2.22. The first-order valence-electron chi connectivity index (χ1n) is 6.56. The van der Waals surface area contributed by atoms with Gasteiger partial charge >= 0.3 is 0 Å². The average molecular weight is 281 g/mol. The fraction of sp³-hybridized carbons (Fsp3) is 0.125. The molecule has 0 radical (unpaired) electrons. The summed E-state index contributed by atoms with van der Waals surface area (Å²) in [4.78, 5) is 28.2. The van der Waals surface area contributed by atoms with Crippen LogP contribution in [0.5, 0.6) is 0 Å². The highest BCUT2D eigenvalue weighted by molar-refractivity contribution is 6.36. The van der Waals surface area contributed by atoms with Crippen LogP contribution in [0.3, 0.4) is 0 Å². The third-order valence-corrected chi connectivity index (χ3v) is 3.55. The Morgan fingerprint density at radius 1 is 0.952 bits per heavy atom. The summed E-state index contributed by atoms with van der Waals surface area (Å²) >= 11 is 0. The van der Waals surface area contributed by atoms with Crippen LogP contribution >= 0.6 is 0 Å². The fourth-order valence-corrected chi connectivity index (χ4v) is 2.56. The monoisotopic (exact) mass is 281 g/mol. The van der Waals surface area contributed by atoms with Crippen molar-refractivity contribution < 1.29 is 9.59 Å². The molecule has 0 bridgehead atoms. The minimum absolute atomic E-state index is 0.288. The van der Waals surface area contributed by atoms with Crippen LogP contribution in [0.15, 0.2) is 42.5 Å². The summed E-state index contributed by atoms with van der Waals surface area (Å²) in [5, 5.41) is 0. The van der Waals surface area contributed by atoms with Crippen molar-refractivity contribution in [2.24, 2.45) is 0 Å². The van der Waals surface area contributed by atoms with Crippen LogP contribution < -0.4 is 15.5 Å². The van der Waals surface area contributed by atoms with E-state index in [0.717, 1.165) is 5.69 Å². The molecule has 21 heavy (non-hydrogen) atoms. The van der Waals surface area contributed by atoms with Gasteiger partial charge in [-0.3, -0.25) is 9.59 Å². The number of carbonyl (C=O) groups excluding carboxylic acids is 2. The second-order valence-electron chi connectivity index (χ2n) is 5.10. The van der Waals surface area contributed by atoms with E-state index in [1.165, 1.54) is 4.90 Å². The maximum absolute atomic E-state index is 12.6. The predicted octanol–water partition coefficient (Wildman–Crippen LogP) is 2.14. The van der Waals surface area contributed by atoms with E-state index >= 15 is 0 Å². The zero-order chi connectivity index (χ0) is 15.1. The number of rotatable bonds is 2. The Kier molecular flexibility index (Phi) is 2.90. The molecule has 0 unspecified atom stereocenters. The zero-order valence-electron chi connectivity index (χ0n) is 11.8. The maximum atomic E-state index is 12.6. The first-order valence-corrected chi connectivity index (χ1v) is 6.56. The Morgan fingerprint density at radius 3 is 2.33 bits per heavy atom. The molecular weight excluding hydrogens is 266 g/mol. The van der Waals surface area contributed by atoms with E-state index in [-0.39, 0.29) is 17.4 Å². The van der Waals surface area contributed by atoms with Crippen LogP contribution in [0.2, 0.25) is 0 Å². The minimum Gasteiger partial charge on any atom is -0.398 e. The summed E-state index contributed by atoms with van der Waals surface area (Å²) < 4.78 is 0. The number of benzene rings is 2. The number of nitrogens with two attached hydrogens (primary N) is 1. The Bertz CT molecular complexity index is 753. The standard InChI is InChI=1S/C16H15N3O2/c1-18(2)12-8-3-4-9-13(12)19-15(20)10-6-5-7-11(17)14(10)16(19)21/h3-9H,17H2,1-2H3. The van der Waals surface area contributed by atoms with Gasteiger partial charge in [-0.2, -0.15) is 0 Å². The molecule has 2 aromatic carbocycles. The molecule has 106 valence electrons. The predicted molar refractivity (Wildman–Crippen MR) is 82.8 cm³/mol. The number of nitrogens with zero attached hydrogens (tertiary/aromatic N) is 2. The fourth-order valence-electron chi connectivity index (χ4n) is 2.56. The lowest BCUT2D eigenvalue weighted by Crippen LogP contribution is -2.31. The first-order chi connectivity index (χ1) is 10.0. The molecule has 0 spiro atoms. The third kappa shape index (κ3) is 1.86. The van der Waals surface area contributed by atoms with E-state index in [4.69, 9.17) is 5.73 Å². The third-order valence-electron chi connectivity index (χ3n) is 3.55. The highest BCUT2D eigenvalue weighted by atomic mass is 16.2. The van der Waals surface area contributed by atoms with Crippen molar-refractivity contribution in [1.29, 1.82) is 0 Å². The number of nitrogen functional groups attached to an aromatic ring is 1. The molecule has 1 heterocycles. The summed E-state index contributed by atoms with van der Waals surface area (Å²) in [6.45, 7) is 0. The number of hydrogen-bond donors (Lipinski definition) is 1. The summed E-state index contributed by atoms with van der Waals surface area (Å²) in [6.07, 6.45) is 0. The van der Waals surface area contributed by atoms with Gasteiger partial charge in [-0.15, -0.1) is 0 Å². The van der Waals surface area contributed by atoms with Crippen LogP contribution in [-0.2, 0) is 0 Å². The number of hydrogen-bond acceptors (Lipinski definition) is 4. The summed E-state index contributed by atoms with van der Waals surface area (Å²) in [5.74, 6) is -0.709. The quantitative estimate of drug-likeness (QED) is 0.676. The lowest BCUT2D eigenvalue weighted by molar-refractivity contribution is 0.0926. The van der Waals surface area contributed by atoms with Gasteiger partial charge in [0.25, 0.3) is 11.8 Å². The molecule has 3 rings (SSSR count). The second kappa shape index (κ2) is 4.63. The maximum Gasteiger partial charge on any atom is 0.268 e. The van der Waals surface area contributed by atoms with E-state index in [9.17, 15) is 9.59 Å². The van der Waals surface area contributed by atoms with Crippen molar-refractivity contribution in [3.63, 3.8) is 0 Å². The average Bonchev–Trinajstić information content (AvgIpc) is 2.72. The van der Waals surface area contributed by atoms with Crippen LogP contribution in [0, 0.1) is 0 Å². The number of fused-ring (bicyclic) bond motifs is 1. The molecule has 1 aliphatic heterocycles. The number of para-hydroxylation sites is 2. The van der Waals surface area contributed by atoms with E-state index in [1.807, 2.05) is 31.1 Å². The van der Waals surface area contributed by atoms with Gasteiger partial charge in [0.1, 0.15) is 0 Å². The molecule has 2 aromatic rings. The number of imide groups is 1. The van der Waals surface area contributed by atoms with Gasteiger partial charge < -0.3 is 10.6 Å². The van der Waals surface area contributed by atoms with Gasteiger partial charge in [0.15, 0.2) is 0 Å². The molecule has 5 nitrogen and oxygen atoms in total. The Balaban J connectivity index is 2.17. The normalized spacial score (nSPS) is 13.5. The summed E-state index contributed by atoms with van der Waals surface area (Å²) in [7, 11) is 3.73. The summed E-state index contributed by atoms with van der Waals surface area (Å²) in [6, 6.07) is 12.2. The van der Waals surface area contributed by atoms with Gasteiger partial charge in [-0.05, 0) is 24.3 Å². The van der Waals surface area contributed by atoms with Crippen LogP contribution in [0.1, 0.15) is 20.7 Å². The van der Waals surface area contributed by atoms with Crippen molar-refractivity contribution in [2.45, 2.75) is 0 Å². The van der Waals surface area contributed by atoms with Gasteiger partial charge in [-0.25, -0.2) is 4.90 Å². The van der Waals surface area contributed by atoms with Crippen molar-refractivity contribution >= 4 is 28.9 Å². The molecule has 0 saturated heterocycles. The molecular formula is C16H15N3O2. The molecule has 2 N–H and O–H groups in total. The number of anilines is 3. The number of carbonyl (C=O) groups is 2. The van der Waals surface area contributed by atoms with Crippen molar-refractivity contribution in [3.8, 4) is 0 Å². The van der Waals surface area contributed by atoms with E-state index < -0.39 is 0 Å². The smallest absolute Gasteiger partial charge is 0.268 e. The van der Waals surface area contributed by atoms with Crippen molar-refractivity contribution in [3.05, 3.63) is 53.6 Å². The van der Waals surface area contributed by atoms with Gasteiger partial charge in [0.05, 0.1) is 22.5 Å². The molecule has 0 fully saturated rings. The lowest BCUT2D eigenvalue weighted by atomic mass is 10.1. The molecule has 0 saturated carbocycles. The van der Waals surface area contributed by atoms with Crippen LogP contribution in [0.4, 0.5) is 17.1 Å². The Morgan fingerprint density at radius 2 is 1.67 bits per heavy atom. The highest BCUT2D eigenvalue weighted by Gasteiger charge is 2.39. The largest absolute Gasteiger partial charge is 0.398 e. The molecule has 1 aliphatic rings. The SMILES string of the molecule is CN(C)c1ccccc1N1C(=O)c2cccc(N)c2C1=O. The van der Waals surface area contributed by atoms with Crippen LogP contribution in [-0.4, -0.2) is 25.9 Å². The second-order valence-corrected chi connectivity index (χ2v) is 5.10. The molecule has 2 amide bonds. The van der Waals surface area contributed by atoms with E-state index in [0.29, 0.717) is 16.9 Å². The molecule has 0 aliphatic carbocycles. The van der Waals surface area contributed by atoms with Crippen molar-refractivity contribution in [1.82, 2.24) is 0 Å². The van der Waals surface area contributed by atoms with Gasteiger partial charge in [0.2, 0.25) is 0 Å². The van der Waals surface area contributed by atoms with E-state index in [1.54, 1.807) is 30.3 Å².